The molecule has 2 heteroatoms. The van der Waals surface area contributed by atoms with Crippen molar-refractivity contribution in [3.63, 3.8) is 0 Å². The molecular weight excluding hydrogens is 164 g/mol. The minimum Gasteiger partial charge on any atom is -0.417 e. The van der Waals surface area contributed by atoms with E-state index < -0.39 is 0 Å². The lowest BCUT2D eigenvalue weighted by molar-refractivity contribution is 0.328. The van der Waals surface area contributed by atoms with Gasteiger partial charge in [0.2, 0.25) is 9.76 Å². The first kappa shape index (κ1) is 11.9. The highest BCUT2D eigenvalue weighted by Gasteiger charge is 1.90. The lowest BCUT2D eigenvalue weighted by Crippen LogP contribution is -1.99. The summed E-state index contributed by atoms with van der Waals surface area (Å²) in [6.45, 7) is 5.22. The van der Waals surface area contributed by atoms with E-state index in [1.54, 1.807) is 0 Å². The van der Waals surface area contributed by atoms with Crippen molar-refractivity contribution in [3.8, 4) is 0 Å². The lowest BCUT2D eigenvalue weighted by Gasteiger charge is -1.99. The number of hydrogen-bond acceptors (Lipinski definition) is 1. The Morgan fingerprint density at radius 3 is 2.83 bits per heavy atom. The molecule has 0 aliphatic rings. The monoisotopic (exact) mass is 184 g/mol. The third kappa shape index (κ3) is 9.92. The zero-order valence-electron chi connectivity index (χ0n) is 8.31. The summed E-state index contributed by atoms with van der Waals surface area (Å²) in [5, 5.41) is 0. The molecule has 0 aromatic heterocycles. The molecule has 2 radical (unpaired) electrons. The predicted octanol–water partition coefficient (Wildman–Crippen LogP) is 3.20. The Labute approximate surface area is 79.1 Å². The summed E-state index contributed by atoms with van der Waals surface area (Å²) in [6.07, 6.45) is 9.22. The molecule has 1 nitrogen and oxygen atoms in total. The van der Waals surface area contributed by atoms with E-state index in [2.05, 4.69) is 26.0 Å². The number of hydrogen-bond donors (Lipinski definition) is 0. The summed E-state index contributed by atoms with van der Waals surface area (Å²) in [4.78, 5) is 0. The summed E-state index contributed by atoms with van der Waals surface area (Å²) < 4.78 is 5.48. The van der Waals surface area contributed by atoms with Gasteiger partial charge >= 0.3 is 0 Å². The molecule has 0 atom stereocenters. The molecule has 0 bridgehead atoms. The molecule has 0 saturated carbocycles. The van der Waals surface area contributed by atoms with Gasteiger partial charge in [-0.3, -0.25) is 0 Å². The van der Waals surface area contributed by atoms with Crippen molar-refractivity contribution < 1.29 is 4.43 Å². The Kier molecular flexibility index (Phi) is 10.8. The topological polar surface area (TPSA) is 9.23 Å². The SMILES string of the molecule is CC=CCCCO[Si]CCCC. The van der Waals surface area contributed by atoms with Gasteiger partial charge in [-0.05, 0) is 25.8 Å². The first-order valence-electron chi connectivity index (χ1n) is 4.87. The van der Waals surface area contributed by atoms with Gasteiger partial charge in [0.05, 0.1) is 0 Å². The standard InChI is InChI=1S/C10H20OSi/c1-3-5-7-8-9-11-12-10-6-4-2/h3,5H,4,6-10H2,1-2H3. The molecule has 0 heterocycles. The molecule has 0 aliphatic heterocycles. The van der Waals surface area contributed by atoms with Gasteiger partial charge in [-0.15, -0.1) is 0 Å². The van der Waals surface area contributed by atoms with Crippen LogP contribution in [-0.2, 0) is 4.43 Å². The second kappa shape index (κ2) is 10.9. The van der Waals surface area contributed by atoms with E-state index in [9.17, 15) is 0 Å². The summed E-state index contributed by atoms with van der Waals surface area (Å²) in [5.74, 6) is 0. The quantitative estimate of drug-likeness (QED) is 0.320. The van der Waals surface area contributed by atoms with Crippen LogP contribution in [0.4, 0.5) is 0 Å². The molecule has 0 fully saturated rings. The molecule has 0 saturated heterocycles. The van der Waals surface area contributed by atoms with Crippen LogP contribution in [0.1, 0.15) is 39.5 Å². The van der Waals surface area contributed by atoms with Crippen molar-refractivity contribution in [1.29, 1.82) is 0 Å². The van der Waals surface area contributed by atoms with E-state index in [-0.39, 0.29) is 0 Å². The fourth-order valence-electron chi connectivity index (χ4n) is 0.833. The van der Waals surface area contributed by atoms with E-state index in [1.165, 1.54) is 25.3 Å². The molecule has 0 spiro atoms. The predicted molar refractivity (Wildman–Crippen MR) is 55.5 cm³/mol. The van der Waals surface area contributed by atoms with Crippen LogP contribution in [0.15, 0.2) is 12.2 Å². The Hall–Kier alpha value is -0.0831. The highest BCUT2D eigenvalue weighted by Crippen LogP contribution is 1.96. The van der Waals surface area contributed by atoms with E-state index >= 15 is 0 Å². The molecule has 0 aliphatic carbocycles. The van der Waals surface area contributed by atoms with Crippen LogP contribution in [0.3, 0.4) is 0 Å². The van der Waals surface area contributed by atoms with Crippen molar-refractivity contribution in [3.05, 3.63) is 12.2 Å². The second-order valence-corrected chi connectivity index (χ2v) is 3.88. The molecular formula is C10H20OSi. The van der Waals surface area contributed by atoms with Crippen LogP contribution in [0.25, 0.3) is 0 Å². The Bertz CT molecular complexity index is 102. The zero-order valence-corrected chi connectivity index (χ0v) is 9.31. The fourth-order valence-corrected chi connectivity index (χ4v) is 1.76. The Morgan fingerprint density at radius 2 is 2.17 bits per heavy atom. The average molecular weight is 184 g/mol. The van der Waals surface area contributed by atoms with Crippen molar-refractivity contribution >= 4 is 9.76 Å². The molecule has 0 rings (SSSR count). The normalized spacial score (nSPS) is 11.2. The summed E-state index contributed by atoms with van der Waals surface area (Å²) in [7, 11) is 0.727. The van der Waals surface area contributed by atoms with Crippen LogP contribution in [-0.4, -0.2) is 16.4 Å². The number of unbranched alkanes of at least 4 members (excludes halogenated alkanes) is 2. The molecule has 0 unspecified atom stereocenters. The second-order valence-electron chi connectivity index (χ2n) is 2.81. The summed E-state index contributed by atoms with van der Waals surface area (Å²) >= 11 is 0. The lowest BCUT2D eigenvalue weighted by atomic mass is 10.3. The van der Waals surface area contributed by atoms with Crippen molar-refractivity contribution in [1.82, 2.24) is 0 Å². The van der Waals surface area contributed by atoms with Gasteiger partial charge < -0.3 is 4.43 Å². The Morgan fingerprint density at radius 1 is 1.33 bits per heavy atom. The smallest absolute Gasteiger partial charge is 0.229 e. The molecule has 0 aromatic rings. The summed E-state index contributed by atoms with van der Waals surface area (Å²) in [5.41, 5.74) is 0. The Balaban J connectivity index is 2.81. The highest BCUT2D eigenvalue weighted by molar-refractivity contribution is 6.26. The van der Waals surface area contributed by atoms with Crippen molar-refractivity contribution in [2.75, 3.05) is 6.61 Å². The fraction of sp³-hybridized carbons (Fsp3) is 0.800. The third-order valence-electron chi connectivity index (χ3n) is 1.59. The van der Waals surface area contributed by atoms with Gasteiger partial charge in [-0.2, -0.15) is 0 Å². The van der Waals surface area contributed by atoms with Crippen LogP contribution in [0.5, 0.6) is 0 Å². The molecule has 70 valence electrons. The van der Waals surface area contributed by atoms with Gasteiger partial charge in [0.25, 0.3) is 0 Å². The van der Waals surface area contributed by atoms with Gasteiger partial charge in [0, 0.05) is 6.61 Å². The molecule has 12 heavy (non-hydrogen) atoms. The van der Waals surface area contributed by atoms with Crippen LogP contribution in [0, 0.1) is 0 Å². The van der Waals surface area contributed by atoms with Crippen LogP contribution in [0.2, 0.25) is 6.04 Å². The van der Waals surface area contributed by atoms with Crippen molar-refractivity contribution in [2.45, 2.75) is 45.6 Å². The largest absolute Gasteiger partial charge is 0.417 e. The zero-order chi connectivity index (χ0) is 9.07. The highest BCUT2D eigenvalue weighted by atomic mass is 28.2. The van der Waals surface area contributed by atoms with E-state index in [0.717, 1.165) is 22.8 Å². The maximum absolute atomic E-state index is 5.48. The van der Waals surface area contributed by atoms with E-state index in [1.807, 2.05) is 0 Å². The van der Waals surface area contributed by atoms with Gasteiger partial charge in [0.1, 0.15) is 0 Å². The molecule has 0 amide bonds. The first-order chi connectivity index (χ1) is 5.91. The average Bonchev–Trinajstić information content (AvgIpc) is 2.10. The molecule has 0 N–H and O–H groups in total. The van der Waals surface area contributed by atoms with Crippen LogP contribution < -0.4 is 0 Å². The van der Waals surface area contributed by atoms with E-state index in [4.69, 9.17) is 4.43 Å². The minimum absolute atomic E-state index is 0.727. The number of allylic oxidation sites excluding steroid dienone is 2. The summed E-state index contributed by atoms with van der Waals surface area (Å²) in [6, 6.07) is 1.25. The van der Waals surface area contributed by atoms with E-state index in [0.29, 0.717) is 0 Å². The third-order valence-corrected chi connectivity index (χ3v) is 2.55. The maximum Gasteiger partial charge on any atom is 0.229 e. The first-order valence-corrected chi connectivity index (χ1v) is 5.99. The molecule has 0 aromatic carbocycles. The van der Waals surface area contributed by atoms with Crippen LogP contribution >= 0.6 is 0 Å². The maximum atomic E-state index is 5.48. The minimum atomic E-state index is 0.727. The van der Waals surface area contributed by atoms with Gasteiger partial charge in [0.15, 0.2) is 0 Å². The van der Waals surface area contributed by atoms with Crippen molar-refractivity contribution in [2.24, 2.45) is 0 Å². The van der Waals surface area contributed by atoms with Gasteiger partial charge in [-0.25, -0.2) is 0 Å². The van der Waals surface area contributed by atoms with Gasteiger partial charge in [-0.1, -0.05) is 31.9 Å². The number of rotatable bonds is 8.